The Balaban J connectivity index is 1.41. The number of benzene rings is 3. The summed E-state index contributed by atoms with van der Waals surface area (Å²) in [6, 6.07) is 22.3. The zero-order chi connectivity index (χ0) is 27.7. The molecular weight excluding hydrogens is 490 g/mol. The standard InChI is InChI=1S/C32H33N3O4/c1-19-10-12-26(20(2)14-19)27(24-8-6-5-7-9-24)17-25(36)15-23-11-13-28-29(16-23)35(18-30(37)38)32(33-28)31-21(3)34-39-22(31)4/h5-14,16,27,32-33H,15,17-18H2,1-4H3,(H,37,38). The van der Waals surface area contributed by atoms with Gasteiger partial charge in [0.2, 0.25) is 0 Å². The van der Waals surface area contributed by atoms with Gasteiger partial charge in [-0.2, -0.15) is 0 Å². The summed E-state index contributed by atoms with van der Waals surface area (Å²) in [5.41, 5.74) is 8.60. The molecule has 2 heterocycles. The van der Waals surface area contributed by atoms with Crippen LogP contribution in [0.2, 0.25) is 0 Å². The number of carbonyl (C=O) groups excluding carboxylic acids is 1. The minimum absolute atomic E-state index is 0.0391. The van der Waals surface area contributed by atoms with E-state index in [4.69, 9.17) is 4.52 Å². The number of rotatable bonds is 9. The van der Waals surface area contributed by atoms with Crippen molar-refractivity contribution >= 4 is 23.1 Å². The van der Waals surface area contributed by atoms with Crippen LogP contribution in [0.25, 0.3) is 0 Å². The predicted molar refractivity (Wildman–Crippen MR) is 151 cm³/mol. The number of aromatic nitrogens is 1. The van der Waals surface area contributed by atoms with E-state index in [0.717, 1.165) is 33.6 Å². The van der Waals surface area contributed by atoms with E-state index in [1.54, 1.807) is 4.90 Å². The number of carbonyl (C=O) groups is 2. The van der Waals surface area contributed by atoms with Crippen LogP contribution < -0.4 is 10.2 Å². The molecule has 0 fully saturated rings. The zero-order valence-electron chi connectivity index (χ0n) is 22.7. The number of fused-ring (bicyclic) bond motifs is 1. The number of hydrogen-bond acceptors (Lipinski definition) is 6. The van der Waals surface area contributed by atoms with Gasteiger partial charge >= 0.3 is 5.97 Å². The van der Waals surface area contributed by atoms with Crippen LogP contribution in [-0.4, -0.2) is 28.6 Å². The van der Waals surface area contributed by atoms with E-state index in [1.165, 1.54) is 11.1 Å². The number of nitrogens with zero attached hydrogens (tertiary/aromatic N) is 2. The Labute approximate surface area is 228 Å². The SMILES string of the molecule is Cc1ccc(C(CC(=O)Cc2ccc3c(c2)N(CC(=O)O)C(c2c(C)noc2C)N3)c2ccccc2)c(C)c1. The summed E-state index contributed by atoms with van der Waals surface area (Å²) in [6.45, 7) is 7.64. The molecule has 4 aromatic rings. The first kappa shape index (κ1) is 26.2. The highest BCUT2D eigenvalue weighted by atomic mass is 16.5. The van der Waals surface area contributed by atoms with Crippen LogP contribution in [0.3, 0.4) is 0 Å². The maximum atomic E-state index is 13.5. The lowest BCUT2D eigenvalue weighted by atomic mass is 9.83. The molecule has 1 aliphatic rings. The van der Waals surface area contributed by atoms with Crippen LogP contribution in [-0.2, 0) is 16.0 Å². The van der Waals surface area contributed by atoms with Gasteiger partial charge in [0.25, 0.3) is 0 Å². The third kappa shape index (κ3) is 5.43. The highest BCUT2D eigenvalue weighted by Gasteiger charge is 2.35. The number of aryl methyl sites for hydroxylation is 4. The number of Topliss-reactive ketones (excluding diaryl/α,β-unsaturated/α-hetero) is 1. The molecule has 200 valence electrons. The molecule has 0 saturated carbocycles. The molecule has 3 aromatic carbocycles. The number of carboxylic acids is 1. The van der Waals surface area contributed by atoms with Gasteiger partial charge in [0.15, 0.2) is 0 Å². The minimum atomic E-state index is -0.943. The molecule has 5 rings (SSSR count). The second-order valence-corrected chi connectivity index (χ2v) is 10.4. The van der Waals surface area contributed by atoms with Crippen LogP contribution in [0, 0.1) is 27.7 Å². The van der Waals surface area contributed by atoms with E-state index in [2.05, 4.69) is 54.7 Å². The van der Waals surface area contributed by atoms with Crippen LogP contribution in [0.15, 0.2) is 71.3 Å². The van der Waals surface area contributed by atoms with Gasteiger partial charge in [-0.15, -0.1) is 0 Å². The molecule has 0 radical (unpaired) electrons. The number of anilines is 2. The molecule has 0 spiro atoms. The summed E-state index contributed by atoms with van der Waals surface area (Å²) in [4.78, 5) is 27.1. The van der Waals surface area contributed by atoms with Crippen LogP contribution in [0.1, 0.15) is 63.3 Å². The van der Waals surface area contributed by atoms with Gasteiger partial charge in [0, 0.05) is 18.8 Å². The first-order valence-electron chi connectivity index (χ1n) is 13.2. The van der Waals surface area contributed by atoms with Crippen molar-refractivity contribution in [2.24, 2.45) is 0 Å². The van der Waals surface area contributed by atoms with Crippen molar-refractivity contribution in [3.8, 4) is 0 Å². The lowest BCUT2D eigenvalue weighted by molar-refractivity contribution is -0.135. The van der Waals surface area contributed by atoms with Gasteiger partial charge in [-0.05, 0) is 62.1 Å². The molecule has 1 aromatic heterocycles. The van der Waals surface area contributed by atoms with Crippen molar-refractivity contribution in [1.82, 2.24) is 5.16 Å². The molecule has 7 nitrogen and oxygen atoms in total. The maximum absolute atomic E-state index is 13.5. The number of nitrogens with one attached hydrogen (secondary N) is 1. The van der Waals surface area contributed by atoms with Crippen molar-refractivity contribution in [3.05, 3.63) is 112 Å². The van der Waals surface area contributed by atoms with Crippen molar-refractivity contribution in [2.75, 3.05) is 16.8 Å². The highest BCUT2D eigenvalue weighted by molar-refractivity contribution is 5.86. The van der Waals surface area contributed by atoms with Gasteiger partial charge in [-0.25, -0.2) is 0 Å². The first-order chi connectivity index (χ1) is 18.7. The summed E-state index contributed by atoms with van der Waals surface area (Å²) < 4.78 is 5.35. The van der Waals surface area contributed by atoms with Gasteiger partial charge in [-0.3, -0.25) is 9.59 Å². The molecule has 2 unspecified atom stereocenters. The molecule has 0 saturated heterocycles. The van der Waals surface area contributed by atoms with E-state index in [0.29, 0.717) is 17.9 Å². The van der Waals surface area contributed by atoms with Gasteiger partial charge < -0.3 is 19.8 Å². The van der Waals surface area contributed by atoms with Gasteiger partial charge in [0.1, 0.15) is 24.3 Å². The smallest absolute Gasteiger partial charge is 0.323 e. The van der Waals surface area contributed by atoms with E-state index < -0.39 is 12.1 Å². The van der Waals surface area contributed by atoms with E-state index in [9.17, 15) is 14.7 Å². The van der Waals surface area contributed by atoms with Crippen LogP contribution in [0.5, 0.6) is 0 Å². The molecule has 0 bridgehead atoms. The number of aliphatic carboxylic acids is 1. The molecular formula is C32H33N3O4. The Morgan fingerprint density at radius 3 is 2.46 bits per heavy atom. The summed E-state index contributed by atoms with van der Waals surface area (Å²) in [7, 11) is 0. The van der Waals surface area contributed by atoms with Gasteiger partial charge in [0.05, 0.1) is 22.6 Å². The topological polar surface area (TPSA) is 95.7 Å². The molecule has 7 heteroatoms. The zero-order valence-corrected chi connectivity index (χ0v) is 22.7. The highest BCUT2D eigenvalue weighted by Crippen LogP contribution is 2.43. The fourth-order valence-electron chi connectivity index (χ4n) is 5.68. The Hall–Kier alpha value is -4.39. The molecule has 1 aliphatic heterocycles. The van der Waals surface area contributed by atoms with E-state index in [1.807, 2.05) is 50.2 Å². The average molecular weight is 524 g/mol. The Bertz CT molecular complexity index is 1510. The molecule has 2 atom stereocenters. The third-order valence-corrected chi connectivity index (χ3v) is 7.48. The molecule has 39 heavy (non-hydrogen) atoms. The van der Waals surface area contributed by atoms with E-state index in [-0.39, 0.29) is 24.7 Å². The average Bonchev–Trinajstić information content (AvgIpc) is 3.41. The molecule has 0 amide bonds. The second kappa shape index (κ2) is 10.8. The lowest BCUT2D eigenvalue weighted by Gasteiger charge is -2.25. The Kier molecular flexibility index (Phi) is 7.24. The van der Waals surface area contributed by atoms with Crippen LogP contribution in [0.4, 0.5) is 11.4 Å². The third-order valence-electron chi connectivity index (χ3n) is 7.48. The van der Waals surface area contributed by atoms with Crippen molar-refractivity contribution in [3.63, 3.8) is 0 Å². The molecule has 2 N–H and O–H groups in total. The second-order valence-electron chi connectivity index (χ2n) is 10.4. The lowest BCUT2D eigenvalue weighted by Crippen LogP contribution is -2.33. The van der Waals surface area contributed by atoms with E-state index >= 15 is 0 Å². The van der Waals surface area contributed by atoms with Crippen molar-refractivity contribution in [2.45, 2.75) is 52.6 Å². The number of ketones is 1. The monoisotopic (exact) mass is 523 g/mol. The number of carboxylic acid groups (broad SMARTS) is 1. The molecule has 0 aliphatic carbocycles. The summed E-state index contributed by atoms with van der Waals surface area (Å²) in [5.74, 6) is -0.214. The number of hydrogen-bond donors (Lipinski definition) is 2. The predicted octanol–water partition coefficient (Wildman–Crippen LogP) is 6.26. The maximum Gasteiger partial charge on any atom is 0.323 e. The Morgan fingerprint density at radius 2 is 1.79 bits per heavy atom. The van der Waals surface area contributed by atoms with Gasteiger partial charge in [-0.1, -0.05) is 65.3 Å². The summed E-state index contributed by atoms with van der Waals surface area (Å²) in [6.07, 6.45) is 0.225. The van der Waals surface area contributed by atoms with Crippen molar-refractivity contribution < 1.29 is 19.2 Å². The quantitative estimate of drug-likeness (QED) is 0.267. The fourth-order valence-corrected chi connectivity index (χ4v) is 5.68. The Morgan fingerprint density at radius 1 is 1.03 bits per heavy atom. The van der Waals surface area contributed by atoms with Crippen molar-refractivity contribution in [1.29, 1.82) is 0 Å². The normalized spacial score (nSPS) is 15.1. The minimum Gasteiger partial charge on any atom is -0.480 e. The first-order valence-corrected chi connectivity index (χ1v) is 13.2. The van der Waals surface area contributed by atoms with Crippen LogP contribution >= 0.6 is 0 Å². The largest absolute Gasteiger partial charge is 0.480 e. The summed E-state index contributed by atoms with van der Waals surface area (Å²) in [5, 5.41) is 17.1. The summed E-state index contributed by atoms with van der Waals surface area (Å²) >= 11 is 0. The fraction of sp³-hybridized carbons (Fsp3) is 0.281.